The largest absolute Gasteiger partial charge is 0.480 e. The number of hydrogen-bond donors (Lipinski definition) is 3. The highest BCUT2D eigenvalue weighted by molar-refractivity contribution is 6.01. The number of hydrogen-bond acceptors (Lipinski definition) is 5. The normalized spacial score (nSPS) is 13.6. The van der Waals surface area contributed by atoms with E-state index in [1.807, 2.05) is 0 Å². The lowest BCUT2D eigenvalue weighted by Gasteiger charge is -2.27. The van der Waals surface area contributed by atoms with Crippen LogP contribution in [0.2, 0.25) is 0 Å². The molecule has 0 saturated carbocycles. The second-order valence-electron chi connectivity index (χ2n) is 3.47. The molecule has 0 fully saturated rings. The van der Waals surface area contributed by atoms with E-state index in [-0.39, 0.29) is 6.42 Å². The van der Waals surface area contributed by atoms with Gasteiger partial charge >= 0.3 is 5.97 Å². The molecular formula is C10H17N3O4. The predicted molar refractivity (Wildman–Crippen MR) is 60.8 cm³/mol. The Kier molecular flexibility index (Phi) is 6.08. The van der Waals surface area contributed by atoms with Crippen LogP contribution in [0.1, 0.15) is 13.3 Å². The molecule has 17 heavy (non-hydrogen) atoms. The van der Waals surface area contributed by atoms with Crippen LogP contribution in [-0.4, -0.2) is 46.4 Å². The highest BCUT2D eigenvalue weighted by Crippen LogP contribution is 2.08. The average molecular weight is 243 g/mol. The third kappa shape index (κ3) is 3.97. The number of carbonyl (C=O) groups excluding carboxylic acids is 2. The van der Waals surface area contributed by atoms with Crippen LogP contribution in [0.4, 0.5) is 0 Å². The number of amides is 2. The van der Waals surface area contributed by atoms with Gasteiger partial charge in [0.25, 0.3) is 0 Å². The summed E-state index contributed by atoms with van der Waals surface area (Å²) in [7, 11) is 0. The lowest BCUT2D eigenvalue weighted by Crippen LogP contribution is -2.55. The van der Waals surface area contributed by atoms with E-state index in [0.29, 0.717) is 4.90 Å². The lowest BCUT2D eigenvalue weighted by atomic mass is 10.1. The summed E-state index contributed by atoms with van der Waals surface area (Å²) in [6.07, 6.45) is 1.25. The van der Waals surface area contributed by atoms with Crippen LogP contribution in [-0.2, 0) is 14.4 Å². The second-order valence-corrected chi connectivity index (χ2v) is 3.47. The van der Waals surface area contributed by atoms with E-state index in [1.54, 1.807) is 0 Å². The Labute approximate surface area is 99.1 Å². The summed E-state index contributed by atoms with van der Waals surface area (Å²) < 4.78 is 0. The summed E-state index contributed by atoms with van der Waals surface area (Å²) in [5.74, 6) is -2.85. The van der Waals surface area contributed by atoms with Gasteiger partial charge < -0.3 is 16.6 Å². The zero-order chi connectivity index (χ0) is 13.6. The molecule has 0 radical (unpaired) electrons. The second kappa shape index (κ2) is 6.77. The van der Waals surface area contributed by atoms with E-state index in [2.05, 4.69) is 6.58 Å². The predicted octanol–water partition coefficient (Wildman–Crippen LogP) is -1.32. The third-order valence-electron chi connectivity index (χ3n) is 2.06. The van der Waals surface area contributed by atoms with Gasteiger partial charge in [-0.2, -0.15) is 0 Å². The average Bonchev–Trinajstić information content (AvgIpc) is 2.27. The van der Waals surface area contributed by atoms with Gasteiger partial charge in [0.15, 0.2) is 0 Å². The molecule has 0 aromatic carbocycles. The molecule has 0 aromatic rings. The molecule has 2 atom stereocenters. The number of carboxylic acid groups (broad SMARTS) is 1. The van der Waals surface area contributed by atoms with Crippen LogP contribution in [0.15, 0.2) is 12.7 Å². The molecule has 0 aromatic heterocycles. The SMILES string of the molecule is C=CCC(C(=O)O)N(C(=O)CN)C(=O)C(C)N. The first-order valence-electron chi connectivity index (χ1n) is 5.02. The Morgan fingerprint density at radius 2 is 2.00 bits per heavy atom. The van der Waals surface area contributed by atoms with Gasteiger partial charge in [0.05, 0.1) is 12.6 Å². The number of carbonyl (C=O) groups is 3. The molecular weight excluding hydrogens is 226 g/mol. The van der Waals surface area contributed by atoms with Crippen molar-refractivity contribution in [2.75, 3.05) is 6.54 Å². The molecule has 0 aliphatic rings. The van der Waals surface area contributed by atoms with Crippen LogP contribution >= 0.6 is 0 Å². The maximum absolute atomic E-state index is 11.7. The minimum atomic E-state index is -1.32. The zero-order valence-corrected chi connectivity index (χ0v) is 9.63. The first-order chi connectivity index (χ1) is 7.86. The van der Waals surface area contributed by atoms with Gasteiger partial charge in [0.1, 0.15) is 6.04 Å². The maximum Gasteiger partial charge on any atom is 0.327 e. The van der Waals surface area contributed by atoms with Crippen molar-refractivity contribution < 1.29 is 19.5 Å². The van der Waals surface area contributed by atoms with Crippen LogP contribution in [0.25, 0.3) is 0 Å². The van der Waals surface area contributed by atoms with E-state index in [4.69, 9.17) is 16.6 Å². The summed E-state index contributed by atoms with van der Waals surface area (Å²) in [5, 5.41) is 8.97. The minimum absolute atomic E-state index is 0.0560. The quantitative estimate of drug-likeness (QED) is 0.496. The third-order valence-corrected chi connectivity index (χ3v) is 2.06. The monoisotopic (exact) mass is 243 g/mol. The van der Waals surface area contributed by atoms with Crippen molar-refractivity contribution in [3.63, 3.8) is 0 Å². The van der Waals surface area contributed by atoms with Gasteiger partial charge in [-0.05, 0) is 13.3 Å². The maximum atomic E-state index is 11.7. The molecule has 0 spiro atoms. The van der Waals surface area contributed by atoms with E-state index < -0.39 is 36.4 Å². The standard InChI is InChI=1S/C10H17N3O4/c1-3-4-7(10(16)17)13(8(14)5-11)9(15)6(2)12/h3,6-7H,1,4-5,11-12H2,2H3,(H,16,17). The Morgan fingerprint density at radius 1 is 1.47 bits per heavy atom. The summed E-state index contributed by atoms with van der Waals surface area (Å²) >= 11 is 0. The van der Waals surface area contributed by atoms with Gasteiger partial charge in [-0.15, -0.1) is 6.58 Å². The van der Waals surface area contributed by atoms with Crippen molar-refractivity contribution in [2.45, 2.75) is 25.4 Å². The van der Waals surface area contributed by atoms with Crippen LogP contribution in [0, 0.1) is 0 Å². The molecule has 5 N–H and O–H groups in total. The number of carboxylic acids is 1. The first-order valence-corrected chi connectivity index (χ1v) is 5.02. The van der Waals surface area contributed by atoms with Crippen molar-refractivity contribution in [1.29, 1.82) is 0 Å². The fourth-order valence-corrected chi connectivity index (χ4v) is 1.24. The van der Waals surface area contributed by atoms with E-state index in [1.165, 1.54) is 13.0 Å². The molecule has 96 valence electrons. The van der Waals surface area contributed by atoms with Gasteiger partial charge in [0, 0.05) is 0 Å². The fourth-order valence-electron chi connectivity index (χ4n) is 1.24. The van der Waals surface area contributed by atoms with E-state index in [0.717, 1.165) is 0 Å². The smallest absolute Gasteiger partial charge is 0.327 e. The molecule has 2 unspecified atom stereocenters. The summed E-state index contributed by atoms with van der Waals surface area (Å²) in [5.41, 5.74) is 10.5. The van der Waals surface area contributed by atoms with Crippen molar-refractivity contribution in [3.05, 3.63) is 12.7 Å². The molecule has 0 rings (SSSR count). The topological polar surface area (TPSA) is 127 Å². The van der Waals surface area contributed by atoms with Crippen molar-refractivity contribution in [3.8, 4) is 0 Å². The van der Waals surface area contributed by atoms with Crippen LogP contribution in [0.3, 0.4) is 0 Å². The van der Waals surface area contributed by atoms with E-state index in [9.17, 15) is 14.4 Å². The number of nitrogens with two attached hydrogens (primary N) is 2. The van der Waals surface area contributed by atoms with Gasteiger partial charge in [-0.3, -0.25) is 14.5 Å². The number of imide groups is 1. The zero-order valence-electron chi connectivity index (χ0n) is 9.63. The Bertz CT molecular complexity index is 328. The van der Waals surface area contributed by atoms with Crippen LogP contribution < -0.4 is 11.5 Å². The van der Waals surface area contributed by atoms with Crippen LogP contribution in [0.5, 0.6) is 0 Å². The molecule has 7 heteroatoms. The number of nitrogens with zero attached hydrogens (tertiary/aromatic N) is 1. The van der Waals surface area contributed by atoms with Crippen molar-refractivity contribution >= 4 is 17.8 Å². The Balaban J connectivity index is 5.26. The summed E-state index contributed by atoms with van der Waals surface area (Å²) in [4.78, 5) is 34.8. The van der Waals surface area contributed by atoms with Gasteiger partial charge in [0.2, 0.25) is 11.8 Å². The molecule has 0 heterocycles. The number of aliphatic carboxylic acids is 1. The molecule has 2 amide bonds. The molecule has 7 nitrogen and oxygen atoms in total. The Hall–Kier alpha value is -1.73. The Morgan fingerprint density at radius 3 is 2.29 bits per heavy atom. The molecule has 0 aliphatic heterocycles. The van der Waals surface area contributed by atoms with Crippen molar-refractivity contribution in [2.24, 2.45) is 11.5 Å². The van der Waals surface area contributed by atoms with Gasteiger partial charge in [-0.1, -0.05) is 6.08 Å². The van der Waals surface area contributed by atoms with E-state index >= 15 is 0 Å². The van der Waals surface area contributed by atoms with Crippen molar-refractivity contribution in [1.82, 2.24) is 4.90 Å². The highest BCUT2D eigenvalue weighted by atomic mass is 16.4. The highest BCUT2D eigenvalue weighted by Gasteiger charge is 2.34. The number of rotatable bonds is 6. The minimum Gasteiger partial charge on any atom is -0.480 e. The molecule has 0 bridgehead atoms. The lowest BCUT2D eigenvalue weighted by molar-refractivity contribution is -0.157. The molecule has 0 saturated heterocycles. The molecule has 0 aliphatic carbocycles. The summed E-state index contributed by atoms with van der Waals surface area (Å²) in [6.45, 7) is 4.29. The van der Waals surface area contributed by atoms with Gasteiger partial charge in [-0.25, -0.2) is 4.79 Å². The summed E-state index contributed by atoms with van der Waals surface area (Å²) in [6, 6.07) is -2.29. The fraction of sp³-hybridized carbons (Fsp3) is 0.500. The first kappa shape index (κ1) is 15.3.